The molecule has 0 amide bonds. The molecule has 2 nitrogen and oxygen atoms in total. The Kier molecular flexibility index (Phi) is 9.89. The number of fused-ring (bicyclic) bond motifs is 4. The molecule has 0 spiro atoms. The Morgan fingerprint density at radius 2 is 0.697 bits per heavy atom. The van der Waals surface area contributed by atoms with Gasteiger partial charge in [-0.3, -0.25) is 0 Å². The largest absolute Gasteiger partial charge is 0.456 e. The van der Waals surface area contributed by atoms with Gasteiger partial charge in [-0.15, -0.1) is 0 Å². The summed E-state index contributed by atoms with van der Waals surface area (Å²) >= 11 is 0. The monoisotopic (exact) mass is 841 g/mol. The molecular formula is C64H43NO. The lowest BCUT2D eigenvalue weighted by Crippen LogP contribution is -2.11. The molecule has 0 aliphatic heterocycles. The highest BCUT2D eigenvalue weighted by Crippen LogP contribution is 2.44. The number of para-hydroxylation sites is 2. The van der Waals surface area contributed by atoms with Gasteiger partial charge in [-0.2, -0.15) is 0 Å². The molecule has 0 aliphatic carbocycles. The molecule has 1 aromatic heterocycles. The summed E-state index contributed by atoms with van der Waals surface area (Å²) in [6, 6.07) is 94.0. The number of hydrogen-bond acceptors (Lipinski definition) is 2. The molecule has 0 saturated carbocycles. The number of furan rings is 1. The summed E-state index contributed by atoms with van der Waals surface area (Å²) in [4.78, 5) is 2.40. The number of rotatable bonds is 9. The van der Waals surface area contributed by atoms with Crippen LogP contribution in [-0.4, -0.2) is 0 Å². The molecule has 12 rings (SSSR count). The molecular weight excluding hydrogens is 799 g/mol. The Labute approximate surface area is 384 Å². The third-order valence-electron chi connectivity index (χ3n) is 12.9. The van der Waals surface area contributed by atoms with Gasteiger partial charge in [0.1, 0.15) is 11.2 Å². The summed E-state index contributed by atoms with van der Waals surface area (Å²) in [5, 5.41) is 4.74. The van der Waals surface area contributed by atoms with E-state index in [2.05, 4.69) is 254 Å². The van der Waals surface area contributed by atoms with Gasteiger partial charge in [0.15, 0.2) is 0 Å². The SMILES string of the molecule is c1ccc(-c2cc(-c3ccccc3)cc(-c3ccc(N(c4ccc(-c5cccc6oc7ccccc7c56)cc4)c4ccccc4-c4cccc(-c5cccc6ccccc56)c4)cc3)c2)cc1. The van der Waals surface area contributed by atoms with Crippen molar-refractivity contribution in [2.45, 2.75) is 0 Å². The Morgan fingerprint density at radius 3 is 1.39 bits per heavy atom. The highest BCUT2D eigenvalue weighted by Gasteiger charge is 2.20. The Balaban J connectivity index is 0.990. The van der Waals surface area contributed by atoms with Gasteiger partial charge in [0.05, 0.1) is 5.69 Å². The molecule has 1 heterocycles. The van der Waals surface area contributed by atoms with E-state index in [1.165, 1.54) is 49.7 Å². The van der Waals surface area contributed by atoms with Gasteiger partial charge in [0.2, 0.25) is 0 Å². The first-order valence-corrected chi connectivity index (χ1v) is 22.6. The van der Waals surface area contributed by atoms with Crippen molar-refractivity contribution in [1.29, 1.82) is 0 Å². The van der Waals surface area contributed by atoms with Crippen molar-refractivity contribution in [2.24, 2.45) is 0 Å². The van der Waals surface area contributed by atoms with Crippen molar-refractivity contribution in [3.05, 3.63) is 261 Å². The van der Waals surface area contributed by atoms with Crippen LogP contribution in [0.2, 0.25) is 0 Å². The van der Waals surface area contributed by atoms with Crippen molar-refractivity contribution >= 4 is 49.8 Å². The highest BCUT2D eigenvalue weighted by molar-refractivity contribution is 6.12. The first-order chi connectivity index (χ1) is 32.7. The summed E-state index contributed by atoms with van der Waals surface area (Å²) in [7, 11) is 0. The summed E-state index contributed by atoms with van der Waals surface area (Å²) in [6.07, 6.45) is 0. The maximum Gasteiger partial charge on any atom is 0.136 e. The molecule has 0 aliphatic rings. The fraction of sp³-hybridized carbons (Fsp3) is 0. The maximum atomic E-state index is 6.30. The van der Waals surface area contributed by atoms with Crippen LogP contribution < -0.4 is 4.90 Å². The summed E-state index contributed by atoms with van der Waals surface area (Å²) in [5.74, 6) is 0. The molecule has 0 fully saturated rings. The van der Waals surface area contributed by atoms with Crippen molar-refractivity contribution in [3.63, 3.8) is 0 Å². The zero-order valence-electron chi connectivity index (χ0n) is 36.2. The zero-order valence-corrected chi connectivity index (χ0v) is 36.2. The van der Waals surface area contributed by atoms with Crippen molar-refractivity contribution in [2.75, 3.05) is 4.90 Å². The van der Waals surface area contributed by atoms with Crippen LogP contribution in [0.15, 0.2) is 265 Å². The lowest BCUT2D eigenvalue weighted by Gasteiger charge is -2.28. The molecule has 0 N–H and O–H groups in total. The minimum Gasteiger partial charge on any atom is -0.456 e. The molecule has 0 saturated heterocycles. The highest BCUT2D eigenvalue weighted by atomic mass is 16.3. The number of hydrogen-bond donors (Lipinski definition) is 0. The van der Waals surface area contributed by atoms with E-state index in [1.54, 1.807) is 0 Å². The standard InChI is InChI=1S/C64H43NO/c1-3-16-44(17-4-1)51-41-52(45-18-5-2-6-19-45)43-53(42-51)46-32-36-54(37-33-46)65(55-38-34-48(35-39-55)59-28-15-31-63-64(59)60-26-10-12-30-62(60)66-63)61-29-11-9-25-58(61)50-23-13-22-49(40-50)57-27-14-21-47-20-7-8-24-56(47)57/h1-43H. The van der Waals surface area contributed by atoms with Gasteiger partial charge in [-0.1, -0.05) is 194 Å². The summed E-state index contributed by atoms with van der Waals surface area (Å²) < 4.78 is 6.30. The number of benzene rings is 11. The second-order valence-electron chi connectivity index (χ2n) is 16.9. The number of anilines is 3. The van der Waals surface area contributed by atoms with Crippen molar-refractivity contribution in [3.8, 4) is 66.8 Å². The van der Waals surface area contributed by atoms with E-state index in [4.69, 9.17) is 4.42 Å². The van der Waals surface area contributed by atoms with Crippen LogP contribution in [0.3, 0.4) is 0 Å². The van der Waals surface area contributed by atoms with Gasteiger partial charge >= 0.3 is 0 Å². The van der Waals surface area contributed by atoms with Crippen LogP contribution in [0.25, 0.3) is 99.5 Å². The summed E-state index contributed by atoms with van der Waals surface area (Å²) in [6.45, 7) is 0. The zero-order chi connectivity index (χ0) is 43.8. The normalized spacial score (nSPS) is 11.3. The fourth-order valence-corrected chi connectivity index (χ4v) is 9.67. The van der Waals surface area contributed by atoms with Crippen LogP contribution in [0.4, 0.5) is 17.1 Å². The molecule has 0 bridgehead atoms. The minimum absolute atomic E-state index is 0.893. The second-order valence-corrected chi connectivity index (χ2v) is 16.9. The molecule has 0 radical (unpaired) electrons. The van der Waals surface area contributed by atoms with Gasteiger partial charge < -0.3 is 9.32 Å². The Hall–Kier alpha value is -8.72. The Morgan fingerprint density at radius 1 is 0.258 bits per heavy atom. The van der Waals surface area contributed by atoms with Crippen LogP contribution in [0, 0.1) is 0 Å². The molecule has 310 valence electrons. The molecule has 2 heteroatoms. The topological polar surface area (TPSA) is 16.4 Å². The average Bonchev–Trinajstić information content (AvgIpc) is 3.79. The van der Waals surface area contributed by atoms with Crippen LogP contribution in [-0.2, 0) is 0 Å². The van der Waals surface area contributed by atoms with E-state index in [0.29, 0.717) is 0 Å². The van der Waals surface area contributed by atoms with Crippen molar-refractivity contribution < 1.29 is 4.42 Å². The quantitative estimate of drug-likeness (QED) is 0.144. The fourth-order valence-electron chi connectivity index (χ4n) is 9.67. The van der Waals surface area contributed by atoms with Crippen LogP contribution in [0.1, 0.15) is 0 Å². The van der Waals surface area contributed by atoms with E-state index in [0.717, 1.165) is 66.8 Å². The Bertz CT molecular complexity index is 3620. The average molecular weight is 842 g/mol. The van der Waals surface area contributed by atoms with Gasteiger partial charge in [0, 0.05) is 27.7 Å². The lowest BCUT2D eigenvalue weighted by atomic mass is 9.93. The van der Waals surface area contributed by atoms with E-state index < -0.39 is 0 Å². The minimum atomic E-state index is 0.893. The smallest absolute Gasteiger partial charge is 0.136 e. The lowest BCUT2D eigenvalue weighted by molar-refractivity contribution is 0.669. The predicted octanol–water partition coefficient (Wildman–Crippen LogP) is 18.2. The molecule has 12 aromatic rings. The van der Waals surface area contributed by atoms with Gasteiger partial charge in [-0.25, -0.2) is 0 Å². The molecule has 0 unspecified atom stereocenters. The first kappa shape index (κ1) is 38.9. The van der Waals surface area contributed by atoms with E-state index in [-0.39, 0.29) is 0 Å². The molecule has 0 atom stereocenters. The van der Waals surface area contributed by atoms with E-state index >= 15 is 0 Å². The van der Waals surface area contributed by atoms with Gasteiger partial charge in [0.25, 0.3) is 0 Å². The van der Waals surface area contributed by atoms with E-state index in [1.807, 2.05) is 12.1 Å². The third kappa shape index (κ3) is 7.21. The maximum absolute atomic E-state index is 6.30. The number of nitrogens with zero attached hydrogens (tertiary/aromatic N) is 1. The predicted molar refractivity (Wildman–Crippen MR) is 279 cm³/mol. The molecule has 11 aromatic carbocycles. The van der Waals surface area contributed by atoms with Crippen molar-refractivity contribution in [1.82, 2.24) is 0 Å². The second kappa shape index (κ2) is 16.8. The third-order valence-corrected chi connectivity index (χ3v) is 12.9. The molecule has 66 heavy (non-hydrogen) atoms. The van der Waals surface area contributed by atoms with Crippen LogP contribution >= 0.6 is 0 Å². The van der Waals surface area contributed by atoms with E-state index in [9.17, 15) is 0 Å². The summed E-state index contributed by atoms with van der Waals surface area (Å²) in [5.41, 5.74) is 19.1. The van der Waals surface area contributed by atoms with Gasteiger partial charge in [-0.05, 0) is 139 Å². The van der Waals surface area contributed by atoms with Crippen LogP contribution in [0.5, 0.6) is 0 Å². The first-order valence-electron chi connectivity index (χ1n) is 22.6.